The number of ether oxygens (including phenoxy) is 1. The van der Waals surface area contributed by atoms with E-state index in [4.69, 9.17) is 4.74 Å². The highest BCUT2D eigenvalue weighted by atomic mass is 32.2. The van der Waals surface area contributed by atoms with Crippen molar-refractivity contribution in [2.75, 3.05) is 13.7 Å². The van der Waals surface area contributed by atoms with Crippen LogP contribution in [0, 0.1) is 6.92 Å². The van der Waals surface area contributed by atoms with Gasteiger partial charge in [0.2, 0.25) is 10.0 Å². The van der Waals surface area contributed by atoms with Crippen molar-refractivity contribution in [3.63, 3.8) is 0 Å². The molecular weight excluding hydrogens is 286 g/mol. The second kappa shape index (κ2) is 5.16. The molecule has 1 saturated heterocycles. The molecule has 1 aliphatic rings. The summed E-state index contributed by atoms with van der Waals surface area (Å²) in [6.45, 7) is 2.47. The number of hydrogen-bond acceptors (Lipinski definition) is 3. The lowest BCUT2D eigenvalue weighted by molar-refractivity contribution is 0.414. The van der Waals surface area contributed by atoms with Gasteiger partial charge < -0.3 is 4.74 Å². The predicted octanol–water partition coefficient (Wildman–Crippen LogP) is 2.75. The Balaban J connectivity index is 1.81. The number of hydrogen-bond donors (Lipinski definition) is 0. The topological polar surface area (TPSA) is 46.4 Å². The molecule has 4 nitrogen and oxygen atoms in total. The lowest BCUT2D eigenvalue weighted by Gasteiger charge is -2.07. The third-order valence-corrected chi connectivity index (χ3v) is 5.58. The molecule has 0 N–H and O–H groups in total. The molecule has 0 amide bonds. The molecule has 0 aromatic heterocycles. The number of methoxy groups -OCH3 is 1. The number of sulfonamides is 1. The Morgan fingerprint density at radius 2 is 1.67 bits per heavy atom. The SMILES string of the molecule is COc1ccc(C2CN2S(=O)(=O)c2ccc(C)cc2)cc1. The van der Waals surface area contributed by atoms with Crippen LogP contribution in [-0.2, 0) is 10.0 Å². The summed E-state index contributed by atoms with van der Waals surface area (Å²) in [6.07, 6.45) is 0. The van der Waals surface area contributed by atoms with Crippen LogP contribution in [0.2, 0.25) is 0 Å². The first-order valence-corrected chi connectivity index (χ1v) is 8.19. The van der Waals surface area contributed by atoms with Gasteiger partial charge in [0.1, 0.15) is 5.75 Å². The van der Waals surface area contributed by atoms with Crippen molar-refractivity contribution in [2.24, 2.45) is 0 Å². The fourth-order valence-electron chi connectivity index (χ4n) is 2.33. The Hall–Kier alpha value is -1.85. The second-order valence-electron chi connectivity index (χ2n) is 5.18. The Morgan fingerprint density at radius 3 is 2.24 bits per heavy atom. The minimum Gasteiger partial charge on any atom is -0.497 e. The molecule has 5 heteroatoms. The quantitative estimate of drug-likeness (QED) is 0.816. The van der Waals surface area contributed by atoms with E-state index in [1.807, 2.05) is 43.3 Å². The van der Waals surface area contributed by atoms with Gasteiger partial charge >= 0.3 is 0 Å². The van der Waals surface area contributed by atoms with E-state index < -0.39 is 10.0 Å². The van der Waals surface area contributed by atoms with Gasteiger partial charge in [-0.3, -0.25) is 0 Å². The lowest BCUT2D eigenvalue weighted by Crippen LogP contribution is -2.12. The zero-order chi connectivity index (χ0) is 15.0. The van der Waals surface area contributed by atoms with E-state index in [-0.39, 0.29) is 6.04 Å². The summed E-state index contributed by atoms with van der Waals surface area (Å²) >= 11 is 0. The Morgan fingerprint density at radius 1 is 1.05 bits per heavy atom. The summed E-state index contributed by atoms with van der Waals surface area (Å²) in [5, 5.41) is 0. The van der Waals surface area contributed by atoms with E-state index in [0.29, 0.717) is 11.4 Å². The summed E-state index contributed by atoms with van der Waals surface area (Å²) in [6, 6.07) is 14.4. The van der Waals surface area contributed by atoms with Crippen LogP contribution < -0.4 is 4.74 Å². The lowest BCUT2D eigenvalue weighted by atomic mass is 10.1. The molecule has 0 spiro atoms. The Bertz CT molecular complexity index is 736. The second-order valence-corrected chi connectivity index (χ2v) is 7.07. The van der Waals surface area contributed by atoms with Gasteiger partial charge in [0.25, 0.3) is 0 Å². The molecule has 1 aliphatic heterocycles. The number of rotatable bonds is 4. The highest BCUT2D eigenvalue weighted by Crippen LogP contribution is 2.40. The van der Waals surface area contributed by atoms with Gasteiger partial charge in [0.05, 0.1) is 18.0 Å². The first kappa shape index (κ1) is 14.1. The Kier molecular flexibility index (Phi) is 3.47. The normalized spacial score (nSPS) is 21.0. The van der Waals surface area contributed by atoms with Crippen LogP contribution in [0.3, 0.4) is 0 Å². The van der Waals surface area contributed by atoms with Crippen LogP contribution >= 0.6 is 0 Å². The highest BCUT2D eigenvalue weighted by Gasteiger charge is 2.45. The summed E-state index contributed by atoms with van der Waals surface area (Å²) in [5.41, 5.74) is 2.04. The zero-order valence-electron chi connectivity index (χ0n) is 12.0. The van der Waals surface area contributed by atoms with Gasteiger partial charge in [0, 0.05) is 6.54 Å². The summed E-state index contributed by atoms with van der Waals surface area (Å²) < 4.78 is 31.7. The van der Waals surface area contributed by atoms with Crippen molar-refractivity contribution >= 4 is 10.0 Å². The van der Waals surface area contributed by atoms with Crippen molar-refractivity contribution in [2.45, 2.75) is 17.9 Å². The maximum atomic E-state index is 12.5. The molecule has 0 radical (unpaired) electrons. The first-order chi connectivity index (χ1) is 10.0. The van der Waals surface area contributed by atoms with Crippen LogP contribution in [0.15, 0.2) is 53.4 Å². The standard InChI is InChI=1S/C16H17NO3S/c1-12-3-9-15(10-4-12)21(18,19)17-11-16(17)13-5-7-14(20-2)8-6-13/h3-10,16H,11H2,1-2H3. The van der Waals surface area contributed by atoms with Crippen molar-refractivity contribution in [3.8, 4) is 5.75 Å². The molecule has 2 aromatic rings. The van der Waals surface area contributed by atoms with E-state index in [1.165, 1.54) is 4.31 Å². The van der Waals surface area contributed by atoms with E-state index in [2.05, 4.69) is 0 Å². The number of aryl methyl sites for hydroxylation is 1. The molecule has 1 fully saturated rings. The van der Waals surface area contributed by atoms with Crippen LogP contribution in [-0.4, -0.2) is 26.4 Å². The smallest absolute Gasteiger partial charge is 0.243 e. The van der Waals surface area contributed by atoms with Gasteiger partial charge in [-0.15, -0.1) is 0 Å². The third-order valence-electron chi connectivity index (χ3n) is 3.70. The molecule has 1 heterocycles. The van der Waals surface area contributed by atoms with Crippen molar-refractivity contribution in [1.29, 1.82) is 0 Å². The van der Waals surface area contributed by atoms with Gasteiger partial charge in [-0.25, -0.2) is 8.42 Å². The average molecular weight is 303 g/mol. The molecule has 2 atom stereocenters. The summed E-state index contributed by atoms with van der Waals surface area (Å²) in [7, 11) is -1.78. The minimum absolute atomic E-state index is 0.0674. The number of benzene rings is 2. The third kappa shape index (κ3) is 2.66. The number of nitrogens with zero attached hydrogens (tertiary/aromatic N) is 1. The van der Waals surface area contributed by atoms with Gasteiger partial charge in [-0.2, -0.15) is 4.31 Å². The maximum absolute atomic E-state index is 12.5. The fourth-order valence-corrected chi connectivity index (χ4v) is 3.88. The van der Waals surface area contributed by atoms with Crippen molar-refractivity contribution in [3.05, 3.63) is 59.7 Å². The molecule has 21 heavy (non-hydrogen) atoms. The van der Waals surface area contributed by atoms with Crippen LogP contribution in [0.5, 0.6) is 5.75 Å². The average Bonchev–Trinajstić information content (AvgIpc) is 3.29. The van der Waals surface area contributed by atoms with Gasteiger partial charge in [-0.05, 0) is 36.8 Å². The maximum Gasteiger partial charge on any atom is 0.243 e. The molecule has 3 rings (SSSR count). The monoisotopic (exact) mass is 303 g/mol. The van der Waals surface area contributed by atoms with E-state index >= 15 is 0 Å². The van der Waals surface area contributed by atoms with E-state index in [9.17, 15) is 8.42 Å². The summed E-state index contributed by atoms with van der Waals surface area (Å²) in [4.78, 5) is 0.351. The molecular formula is C16H17NO3S. The summed E-state index contributed by atoms with van der Waals surface area (Å²) in [5.74, 6) is 0.771. The molecule has 0 saturated carbocycles. The molecule has 110 valence electrons. The first-order valence-electron chi connectivity index (χ1n) is 6.75. The minimum atomic E-state index is -3.39. The molecule has 0 aliphatic carbocycles. The van der Waals surface area contributed by atoms with Crippen LogP contribution in [0.1, 0.15) is 17.2 Å². The van der Waals surface area contributed by atoms with E-state index in [0.717, 1.165) is 16.9 Å². The molecule has 2 aromatic carbocycles. The predicted molar refractivity (Wildman–Crippen MR) is 80.8 cm³/mol. The largest absolute Gasteiger partial charge is 0.497 e. The van der Waals surface area contributed by atoms with Crippen LogP contribution in [0.4, 0.5) is 0 Å². The van der Waals surface area contributed by atoms with Crippen molar-refractivity contribution < 1.29 is 13.2 Å². The van der Waals surface area contributed by atoms with E-state index in [1.54, 1.807) is 19.2 Å². The fraction of sp³-hybridized carbons (Fsp3) is 0.250. The van der Waals surface area contributed by atoms with Crippen LogP contribution in [0.25, 0.3) is 0 Å². The Labute approximate surface area is 125 Å². The van der Waals surface area contributed by atoms with Crippen molar-refractivity contribution in [1.82, 2.24) is 4.31 Å². The molecule has 0 bridgehead atoms. The van der Waals surface area contributed by atoms with Gasteiger partial charge in [0.15, 0.2) is 0 Å². The van der Waals surface area contributed by atoms with Gasteiger partial charge in [-0.1, -0.05) is 29.8 Å². The molecule has 2 unspecified atom stereocenters. The highest BCUT2D eigenvalue weighted by molar-refractivity contribution is 7.89. The zero-order valence-corrected chi connectivity index (χ0v) is 12.8.